The van der Waals surface area contributed by atoms with Crippen LogP contribution in [0.5, 0.6) is 0 Å². The number of hydrogen-bond acceptors (Lipinski definition) is 10. The van der Waals surface area contributed by atoms with E-state index in [9.17, 15) is 9.59 Å². The third-order valence-electron chi connectivity index (χ3n) is 6.10. The first-order valence-corrected chi connectivity index (χ1v) is 13.1. The summed E-state index contributed by atoms with van der Waals surface area (Å²) in [4.78, 5) is 46.4. The van der Waals surface area contributed by atoms with Crippen molar-refractivity contribution in [2.75, 3.05) is 60.2 Å². The first kappa shape index (κ1) is 27.1. The highest BCUT2D eigenvalue weighted by Crippen LogP contribution is 2.24. The molecule has 40 heavy (non-hydrogen) atoms. The number of likely N-dealkylation sites (tertiary alicyclic amines) is 1. The van der Waals surface area contributed by atoms with Crippen molar-refractivity contribution in [2.24, 2.45) is 0 Å². The van der Waals surface area contributed by atoms with Gasteiger partial charge >= 0.3 is 12.1 Å². The highest BCUT2D eigenvalue weighted by atomic mass is 16.6. The predicted molar refractivity (Wildman–Crippen MR) is 150 cm³/mol. The second-order valence-corrected chi connectivity index (χ2v) is 10.5. The van der Waals surface area contributed by atoms with E-state index in [2.05, 4.69) is 35.8 Å². The molecule has 0 spiro atoms. The van der Waals surface area contributed by atoms with E-state index in [1.807, 2.05) is 32.9 Å². The summed E-state index contributed by atoms with van der Waals surface area (Å²) < 4.78 is 10.9. The van der Waals surface area contributed by atoms with Crippen LogP contribution in [-0.2, 0) is 9.47 Å². The lowest BCUT2D eigenvalue weighted by Crippen LogP contribution is -2.58. The van der Waals surface area contributed by atoms with Crippen LogP contribution >= 0.6 is 0 Å². The van der Waals surface area contributed by atoms with Gasteiger partial charge < -0.3 is 35.2 Å². The zero-order valence-corrected chi connectivity index (χ0v) is 22.8. The average molecular weight is 548 g/mol. The SMILES string of the molecule is CC(C)(C)OC(=O)N1CC(Nc2nc(-c3ccc(NC(=O)Nc4cccnc4)cc3)nc(N3CCOCC3)n2)C1. The van der Waals surface area contributed by atoms with Gasteiger partial charge in [0, 0.05) is 43.6 Å². The van der Waals surface area contributed by atoms with Crippen molar-refractivity contribution in [3.63, 3.8) is 0 Å². The van der Waals surface area contributed by atoms with E-state index in [0.29, 0.717) is 68.5 Å². The summed E-state index contributed by atoms with van der Waals surface area (Å²) in [7, 11) is 0. The molecule has 0 saturated carbocycles. The van der Waals surface area contributed by atoms with Crippen LogP contribution < -0.4 is 20.9 Å². The number of carbonyl (C=O) groups is 2. The number of amides is 3. The van der Waals surface area contributed by atoms with E-state index in [-0.39, 0.29) is 18.2 Å². The molecule has 210 valence electrons. The molecule has 13 heteroatoms. The highest BCUT2D eigenvalue weighted by Gasteiger charge is 2.34. The van der Waals surface area contributed by atoms with E-state index in [0.717, 1.165) is 5.56 Å². The number of morpholine rings is 1. The Morgan fingerprint density at radius 3 is 2.38 bits per heavy atom. The minimum atomic E-state index is -0.542. The standard InChI is InChI=1S/C27H33N9O4/c1-27(2,3)40-26(38)36-16-21(17-36)29-23-32-22(33-24(34-23)35-11-13-39-14-12-35)18-6-8-19(9-7-18)30-25(37)31-20-5-4-10-28-15-20/h4-10,15,21H,11-14,16-17H2,1-3H3,(H2,30,31,37)(H,29,32,33,34). The lowest BCUT2D eigenvalue weighted by Gasteiger charge is -2.40. The smallest absolute Gasteiger partial charge is 0.410 e. The number of pyridine rings is 1. The quantitative estimate of drug-likeness (QED) is 0.419. The Balaban J connectivity index is 1.28. The van der Waals surface area contributed by atoms with Crippen LogP contribution in [0.1, 0.15) is 20.8 Å². The van der Waals surface area contributed by atoms with Gasteiger partial charge in [0.25, 0.3) is 0 Å². The average Bonchev–Trinajstić information content (AvgIpc) is 2.91. The van der Waals surface area contributed by atoms with E-state index in [4.69, 9.17) is 14.5 Å². The second kappa shape index (κ2) is 11.7. The number of aromatic nitrogens is 4. The number of hydrogen-bond donors (Lipinski definition) is 3. The molecule has 3 aromatic rings. The maximum atomic E-state index is 12.3. The largest absolute Gasteiger partial charge is 0.444 e. The Bertz CT molecular complexity index is 1320. The van der Waals surface area contributed by atoms with Gasteiger partial charge in [0.05, 0.1) is 31.1 Å². The van der Waals surface area contributed by atoms with Gasteiger partial charge in [-0.15, -0.1) is 0 Å². The third-order valence-corrected chi connectivity index (χ3v) is 6.10. The van der Waals surface area contributed by atoms with Crippen LogP contribution in [0.15, 0.2) is 48.8 Å². The number of urea groups is 1. The van der Waals surface area contributed by atoms with Crippen LogP contribution in [0.25, 0.3) is 11.4 Å². The maximum absolute atomic E-state index is 12.3. The van der Waals surface area contributed by atoms with Gasteiger partial charge in [-0.05, 0) is 57.2 Å². The number of carbonyl (C=O) groups excluding carboxylic acids is 2. The summed E-state index contributed by atoms with van der Waals surface area (Å²) in [5.74, 6) is 1.48. The monoisotopic (exact) mass is 547 g/mol. The zero-order valence-electron chi connectivity index (χ0n) is 22.8. The highest BCUT2D eigenvalue weighted by molar-refractivity contribution is 5.99. The van der Waals surface area contributed by atoms with Crippen LogP contribution in [0.3, 0.4) is 0 Å². The van der Waals surface area contributed by atoms with Crippen molar-refractivity contribution < 1.29 is 19.1 Å². The molecule has 2 fully saturated rings. The number of benzene rings is 1. The second-order valence-electron chi connectivity index (χ2n) is 10.5. The fourth-order valence-corrected chi connectivity index (χ4v) is 4.12. The number of rotatable bonds is 6. The molecule has 0 aliphatic carbocycles. The molecule has 2 saturated heterocycles. The maximum Gasteiger partial charge on any atom is 0.410 e. The molecule has 0 bridgehead atoms. The molecule has 3 amide bonds. The lowest BCUT2D eigenvalue weighted by atomic mass is 10.1. The Hall–Kier alpha value is -4.52. The third kappa shape index (κ3) is 7.11. The minimum absolute atomic E-state index is 0.00906. The Labute approximate surface area is 232 Å². The normalized spacial score (nSPS) is 15.7. The van der Waals surface area contributed by atoms with Crippen LogP contribution in [-0.4, -0.2) is 88.0 Å². The first-order valence-electron chi connectivity index (χ1n) is 13.1. The molecule has 5 rings (SSSR count). The molecule has 13 nitrogen and oxygen atoms in total. The minimum Gasteiger partial charge on any atom is -0.444 e. The number of ether oxygens (including phenoxy) is 2. The molecule has 2 aliphatic rings. The number of anilines is 4. The van der Waals surface area contributed by atoms with Crippen molar-refractivity contribution >= 4 is 35.4 Å². The Morgan fingerprint density at radius 1 is 0.975 bits per heavy atom. The molecule has 1 aromatic carbocycles. The van der Waals surface area contributed by atoms with Crippen molar-refractivity contribution in [1.82, 2.24) is 24.8 Å². The van der Waals surface area contributed by atoms with Gasteiger partial charge in [-0.1, -0.05) is 0 Å². The molecule has 0 radical (unpaired) electrons. The van der Waals surface area contributed by atoms with Crippen molar-refractivity contribution in [1.29, 1.82) is 0 Å². The van der Waals surface area contributed by atoms with Crippen LogP contribution in [0.4, 0.5) is 32.9 Å². The lowest BCUT2D eigenvalue weighted by molar-refractivity contribution is 0.0104. The Kier molecular flexibility index (Phi) is 7.91. The molecule has 4 heterocycles. The van der Waals surface area contributed by atoms with E-state index < -0.39 is 5.60 Å². The summed E-state index contributed by atoms with van der Waals surface area (Å²) in [5.41, 5.74) is 1.43. The zero-order chi connectivity index (χ0) is 28.1. The van der Waals surface area contributed by atoms with Gasteiger partial charge in [-0.2, -0.15) is 15.0 Å². The van der Waals surface area contributed by atoms with E-state index >= 15 is 0 Å². The summed E-state index contributed by atoms with van der Waals surface area (Å²) in [5, 5.41) is 8.88. The first-order chi connectivity index (χ1) is 19.2. The van der Waals surface area contributed by atoms with Crippen LogP contribution in [0.2, 0.25) is 0 Å². The summed E-state index contributed by atoms with van der Waals surface area (Å²) in [6, 6.07) is 10.4. The molecule has 0 unspecified atom stereocenters. The molecule has 0 atom stereocenters. The Morgan fingerprint density at radius 2 is 1.70 bits per heavy atom. The van der Waals surface area contributed by atoms with Gasteiger partial charge in [0.15, 0.2) is 5.82 Å². The summed E-state index contributed by atoms with van der Waals surface area (Å²) >= 11 is 0. The topological polar surface area (TPSA) is 147 Å². The van der Waals surface area contributed by atoms with Crippen molar-refractivity contribution in [3.05, 3.63) is 48.8 Å². The van der Waals surface area contributed by atoms with Crippen LogP contribution in [0, 0.1) is 0 Å². The molecular formula is C27H33N9O4. The predicted octanol–water partition coefficient (Wildman–Crippen LogP) is 3.45. The number of nitrogens with zero attached hydrogens (tertiary/aromatic N) is 6. The van der Waals surface area contributed by atoms with E-state index in [1.54, 1.807) is 41.6 Å². The molecule has 2 aromatic heterocycles. The molecule has 3 N–H and O–H groups in total. The number of nitrogens with one attached hydrogen (secondary N) is 3. The fourth-order valence-electron chi connectivity index (χ4n) is 4.12. The molecule has 2 aliphatic heterocycles. The fraction of sp³-hybridized carbons (Fsp3) is 0.407. The van der Waals surface area contributed by atoms with Gasteiger partial charge in [0.1, 0.15) is 5.60 Å². The van der Waals surface area contributed by atoms with Crippen molar-refractivity contribution in [2.45, 2.75) is 32.4 Å². The van der Waals surface area contributed by atoms with Crippen molar-refractivity contribution in [3.8, 4) is 11.4 Å². The van der Waals surface area contributed by atoms with Gasteiger partial charge in [-0.3, -0.25) is 4.98 Å². The summed E-state index contributed by atoms with van der Waals surface area (Å²) in [6.07, 6.45) is 2.87. The van der Waals surface area contributed by atoms with Gasteiger partial charge in [-0.25, -0.2) is 9.59 Å². The summed E-state index contributed by atoms with van der Waals surface area (Å²) in [6.45, 7) is 9.06. The molecular weight excluding hydrogens is 514 g/mol. The van der Waals surface area contributed by atoms with E-state index in [1.165, 1.54) is 0 Å². The van der Waals surface area contributed by atoms with Gasteiger partial charge in [0.2, 0.25) is 11.9 Å².